The lowest BCUT2D eigenvalue weighted by atomic mass is 10.1. The summed E-state index contributed by atoms with van der Waals surface area (Å²) < 4.78 is 0. The molecule has 1 aromatic rings. The molecule has 0 bridgehead atoms. The molecule has 5 heteroatoms. The molecule has 0 saturated heterocycles. The molecule has 102 valence electrons. The number of anilines is 1. The highest BCUT2D eigenvalue weighted by Crippen LogP contribution is 2.16. The van der Waals surface area contributed by atoms with Gasteiger partial charge in [-0.05, 0) is 18.6 Å². The number of amides is 2. The van der Waals surface area contributed by atoms with Gasteiger partial charge in [-0.3, -0.25) is 9.59 Å². The van der Waals surface area contributed by atoms with Crippen molar-refractivity contribution in [2.24, 2.45) is 5.73 Å². The molecule has 0 aliphatic heterocycles. The van der Waals surface area contributed by atoms with Gasteiger partial charge in [0.25, 0.3) is 5.91 Å². The van der Waals surface area contributed by atoms with E-state index in [-0.39, 0.29) is 11.8 Å². The normalized spacial score (nSPS) is 11.5. The maximum atomic E-state index is 12.0. The van der Waals surface area contributed by atoms with Crippen LogP contribution in [0.25, 0.3) is 0 Å². The lowest BCUT2D eigenvalue weighted by Gasteiger charge is -2.16. The van der Waals surface area contributed by atoms with E-state index >= 15 is 0 Å². The molecule has 0 radical (unpaired) electrons. The van der Waals surface area contributed by atoms with Crippen molar-refractivity contribution in [1.82, 2.24) is 4.90 Å². The molecular weight excluding hydrogens is 242 g/mol. The Morgan fingerprint density at radius 2 is 2.05 bits per heavy atom. The monoisotopic (exact) mass is 261 g/mol. The predicted octanol–water partition coefficient (Wildman–Crippen LogP) is 1.23. The smallest absolute Gasteiger partial charge is 0.255 e. The van der Waals surface area contributed by atoms with Crippen LogP contribution in [0.1, 0.15) is 16.8 Å². The summed E-state index contributed by atoms with van der Waals surface area (Å²) in [5, 5.41) is 2.67. The van der Waals surface area contributed by atoms with Crippen LogP contribution < -0.4 is 11.1 Å². The first kappa shape index (κ1) is 14.9. The van der Waals surface area contributed by atoms with Gasteiger partial charge in [-0.2, -0.15) is 0 Å². The largest absolute Gasteiger partial charge is 0.345 e. The van der Waals surface area contributed by atoms with Crippen LogP contribution in [0.3, 0.4) is 0 Å². The van der Waals surface area contributed by atoms with Crippen molar-refractivity contribution in [2.75, 3.05) is 19.4 Å². The summed E-state index contributed by atoms with van der Waals surface area (Å²) in [4.78, 5) is 25.3. The van der Waals surface area contributed by atoms with E-state index in [1.54, 1.807) is 44.4 Å². The second kappa shape index (κ2) is 6.70. The molecule has 5 nitrogen and oxygen atoms in total. The van der Waals surface area contributed by atoms with Crippen molar-refractivity contribution in [3.05, 3.63) is 42.5 Å². The van der Waals surface area contributed by atoms with Crippen LogP contribution >= 0.6 is 0 Å². The molecule has 1 rings (SSSR count). The Balaban J connectivity index is 2.92. The van der Waals surface area contributed by atoms with Crippen molar-refractivity contribution >= 4 is 17.5 Å². The molecule has 2 amide bonds. The van der Waals surface area contributed by atoms with E-state index in [4.69, 9.17) is 5.73 Å². The third-order valence-electron chi connectivity index (χ3n) is 2.58. The van der Waals surface area contributed by atoms with Gasteiger partial charge in [-0.15, -0.1) is 6.58 Å². The second-order valence-electron chi connectivity index (χ2n) is 4.37. The summed E-state index contributed by atoms with van der Waals surface area (Å²) >= 11 is 0. The summed E-state index contributed by atoms with van der Waals surface area (Å²) in [6.07, 6.45) is 1.97. The zero-order valence-electron chi connectivity index (χ0n) is 11.2. The zero-order valence-corrected chi connectivity index (χ0v) is 11.2. The standard InChI is InChI=1S/C14H19N3O2/c1-4-7-11(15)13(18)16-12-9-6-5-8-10(12)14(19)17(2)3/h4-6,8-9,11H,1,7,15H2,2-3H3,(H,16,18). The van der Waals surface area contributed by atoms with E-state index < -0.39 is 6.04 Å². The van der Waals surface area contributed by atoms with E-state index in [0.717, 1.165) is 0 Å². The maximum Gasteiger partial charge on any atom is 0.255 e. The Hall–Kier alpha value is -2.14. The van der Waals surface area contributed by atoms with Crippen molar-refractivity contribution in [3.63, 3.8) is 0 Å². The first-order chi connectivity index (χ1) is 8.97. The summed E-state index contributed by atoms with van der Waals surface area (Å²) in [5.74, 6) is -0.507. The molecule has 0 fully saturated rings. The zero-order chi connectivity index (χ0) is 14.4. The van der Waals surface area contributed by atoms with Gasteiger partial charge in [-0.1, -0.05) is 18.2 Å². The fraction of sp³-hybridized carbons (Fsp3) is 0.286. The van der Waals surface area contributed by atoms with Gasteiger partial charge in [0.05, 0.1) is 17.3 Å². The Morgan fingerprint density at radius 1 is 1.42 bits per heavy atom. The highest BCUT2D eigenvalue weighted by Gasteiger charge is 2.17. The molecule has 1 atom stereocenters. The van der Waals surface area contributed by atoms with Gasteiger partial charge in [0.15, 0.2) is 0 Å². The predicted molar refractivity (Wildman–Crippen MR) is 75.9 cm³/mol. The lowest BCUT2D eigenvalue weighted by molar-refractivity contribution is -0.117. The second-order valence-corrected chi connectivity index (χ2v) is 4.37. The Kier molecular flexibility index (Phi) is 5.26. The summed E-state index contributed by atoms with van der Waals surface area (Å²) in [6.45, 7) is 3.54. The van der Waals surface area contributed by atoms with Crippen molar-refractivity contribution in [2.45, 2.75) is 12.5 Å². The lowest BCUT2D eigenvalue weighted by Crippen LogP contribution is -2.35. The molecule has 0 aliphatic carbocycles. The molecule has 3 N–H and O–H groups in total. The number of benzene rings is 1. The van der Waals surface area contributed by atoms with Gasteiger partial charge in [0, 0.05) is 14.1 Å². The van der Waals surface area contributed by atoms with Crippen LogP contribution in [-0.4, -0.2) is 36.9 Å². The number of rotatable bonds is 5. The number of hydrogen-bond acceptors (Lipinski definition) is 3. The van der Waals surface area contributed by atoms with Crippen LogP contribution in [0, 0.1) is 0 Å². The van der Waals surface area contributed by atoms with Crippen LogP contribution in [0.2, 0.25) is 0 Å². The van der Waals surface area contributed by atoms with Gasteiger partial charge in [0.2, 0.25) is 5.91 Å². The van der Waals surface area contributed by atoms with E-state index in [0.29, 0.717) is 17.7 Å². The molecule has 0 aromatic heterocycles. The fourth-order valence-electron chi connectivity index (χ4n) is 1.53. The molecular formula is C14H19N3O2. The van der Waals surface area contributed by atoms with Crippen molar-refractivity contribution in [3.8, 4) is 0 Å². The maximum absolute atomic E-state index is 12.0. The molecule has 0 heterocycles. The molecule has 1 aromatic carbocycles. The average Bonchev–Trinajstić information content (AvgIpc) is 2.38. The molecule has 0 spiro atoms. The minimum atomic E-state index is -0.667. The van der Waals surface area contributed by atoms with Gasteiger partial charge in [0.1, 0.15) is 0 Å². The fourth-order valence-corrected chi connectivity index (χ4v) is 1.53. The number of carbonyl (C=O) groups excluding carboxylic acids is 2. The number of nitrogens with two attached hydrogens (primary N) is 1. The molecule has 0 saturated carbocycles. The topological polar surface area (TPSA) is 75.4 Å². The molecule has 1 unspecified atom stereocenters. The highest BCUT2D eigenvalue weighted by atomic mass is 16.2. The van der Waals surface area contributed by atoms with Gasteiger partial charge >= 0.3 is 0 Å². The Morgan fingerprint density at radius 3 is 2.63 bits per heavy atom. The molecule has 0 aliphatic rings. The van der Waals surface area contributed by atoms with E-state index in [1.807, 2.05) is 0 Å². The van der Waals surface area contributed by atoms with Crippen LogP contribution in [-0.2, 0) is 4.79 Å². The minimum absolute atomic E-state index is 0.173. The molecule has 19 heavy (non-hydrogen) atoms. The third-order valence-corrected chi connectivity index (χ3v) is 2.58. The number of nitrogens with one attached hydrogen (secondary N) is 1. The first-order valence-corrected chi connectivity index (χ1v) is 5.95. The van der Waals surface area contributed by atoms with Crippen LogP contribution in [0.4, 0.5) is 5.69 Å². The van der Waals surface area contributed by atoms with Crippen molar-refractivity contribution in [1.29, 1.82) is 0 Å². The summed E-state index contributed by atoms with van der Waals surface area (Å²) in [5.41, 5.74) is 6.58. The number of para-hydroxylation sites is 1. The third kappa shape index (κ3) is 3.93. The van der Waals surface area contributed by atoms with E-state index in [1.165, 1.54) is 4.90 Å². The quantitative estimate of drug-likeness (QED) is 0.783. The number of hydrogen-bond donors (Lipinski definition) is 2. The van der Waals surface area contributed by atoms with Gasteiger partial charge < -0.3 is 16.0 Å². The van der Waals surface area contributed by atoms with E-state index in [9.17, 15) is 9.59 Å². The minimum Gasteiger partial charge on any atom is -0.345 e. The SMILES string of the molecule is C=CCC(N)C(=O)Nc1ccccc1C(=O)N(C)C. The van der Waals surface area contributed by atoms with Gasteiger partial charge in [-0.25, -0.2) is 0 Å². The Bertz CT molecular complexity index is 483. The average molecular weight is 261 g/mol. The Labute approximate surface area is 113 Å². The van der Waals surface area contributed by atoms with Crippen LogP contribution in [0.15, 0.2) is 36.9 Å². The van der Waals surface area contributed by atoms with Crippen LogP contribution in [0.5, 0.6) is 0 Å². The van der Waals surface area contributed by atoms with Crippen molar-refractivity contribution < 1.29 is 9.59 Å². The highest BCUT2D eigenvalue weighted by molar-refractivity contribution is 6.04. The van der Waals surface area contributed by atoms with E-state index in [2.05, 4.69) is 11.9 Å². The summed E-state index contributed by atoms with van der Waals surface area (Å²) in [7, 11) is 3.31. The number of carbonyl (C=O) groups is 2. The first-order valence-electron chi connectivity index (χ1n) is 5.95. The number of nitrogens with zero attached hydrogens (tertiary/aromatic N) is 1. The summed E-state index contributed by atoms with van der Waals surface area (Å²) in [6, 6.07) is 6.17.